The van der Waals surface area contributed by atoms with Crippen molar-refractivity contribution in [2.24, 2.45) is 5.92 Å². The maximum Gasteiger partial charge on any atom is 0.0107 e. The van der Waals surface area contributed by atoms with Crippen LogP contribution in [0.2, 0.25) is 0 Å². The van der Waals surface area contributed by atoms with E-state index in [1.807, 2.05) is 0 Å². The lowest BCUT2D eigenvalue weighted by molar-refractivity contribution is 0.149. The van der Waals surface area contributed by atoms with Crippen molar-refractivity contribution in [2.45, 2.75) is 6.92 Å². The Bertz CT molecular complexity index is 87.4. The molecule has 2 saturated heterocycles. The second-order valence-electron chi connectivity index (χ2n) is 3.63. The largest absolute Gasteiger partial charge is 0.306 e. The van der Waals surface area contributed by atoms with Crippen molar-refractivity contribution in [3.8, 4) is 0 Å². The van der Waals surface area contributed by atoms with Gasteiger partial charge in [-0.05, 0) is 20.0 Å². The molecule has 0 aromatic heterocycles. The lowest BCUT2D eigenvalue weighted by atomic mass is 10.1. The fraction of sp³-hybridized carbons (Fsp3) is 1.00. The minimum absolute atomic E-state index is 0.968. The van der Waals surface area contributed by atoms with Gasteiger partial charge >= 0.3 is 0 Å². The summed E-state index contributed by atoms with van der Waals surface area (Å²) in [5.41, 5.74) is 0. The first-order chi connectivity index (χ1) is 4.68. The third kappa shape index (κ3) is 3.18. The third-order valence-corrected chi connectivity index (χ3v) is 1.92. The summed E-state index contributed by atoms with van der Waals surface area (Å²) in [6.07, 6.45) is 0. The molecule has 0 bridgehead atoms. The number of nitrogens with zero attached hydrogens (tertiary/aromatic N) is 2. The summed E-state index contributed by atoms with van der Waals surface area (Å²) in [5.74, 6) is 0.968. The molecule has 2 nitrogen and oxygen atoms in total. The van der Waals surface area contributed by atoms with Crippen LogP contribution < -0.4 is 0 Å². The Morgan fingerprint density at radius 2 is 1.40 bits per heavy atom. The Balaban J connectivity index is 0.000000108. The van der Waals surface area contributed by atoms with Gasteiger partial charge in [-0.25, -0.2) is 0 Å². The fourth-order valence-electron chi connectivity index (χ4n) is 1.11. The van der Waals surface area contributed by atoms with E-state index in [-0.39, 0.29) is 0 Å². The highest BCUT2D eigenvalue weighted by atomic mass is 15.2. The van der Waals surface area contributed by atoms with E-state index in [1.54, 1.807) is 0 Å². The Hall–Kier alpha value is -0.0800. The van der Waals surface area contributed by atoms with Gasteiger partial charge in [0, 0.05) is 26.2 Å². The number of hydrogen-bond acceptors (Lipinski definition) is 2. The number of likely N-dealkylation sites (tertiary alicyclic amines) is 1. The van der Waals surface area contributed by atoms with Crippen molar-refractivity contribution in [3.05, 3.63) is 0 Å². The van der Waals surface area contributed by atoms with E-state index < -0.39 is 0 Å². The van der Waals surface area contributed by atoms with Gasteiger partial charge in [-0.3, -0.25) is 0 Å². The minimum atomic E-state index is 0.968. The Labute approximate surface area is 63.8 Å². The average Bonchev–Trinajstić information content (AvgIpc) is 2.50. The highest BCUT2D eigenvalue weighted by Crippen LogP contribution is 2.09. The lowest BCUT2D eigenvalue weighted by Crippen LogP contribution is -2.41. The van der Waals surface area contributed by atoms with Crippen LogP contribution in [-0.2, 0) is 0 Å². The second kappa shape index (κ2) is 3.35. The van der Waals surface area contributed by atoms with Crippen molar-refractivity contribution < 1.29 is 0 Å². The van der Waals surface area contributed by atoms with Crippen LogP contribution in [0.25, 0.3) is 0 Å². The van der Waals surface area contributed by atoms with Gasteiger partial charge in [0.2, 0.25) is 0 Å². The number of hydrogen-bond donors (Lipinski definition) is 0. The molecular weight excluding hydrogens is 124 g/mol. The van der Waals surface area contributed by atoms with Crippen LogP contribution in [0.5, 0.6) is 0 Å². The molecule has 0 atom stereocenters. The van der Waals surface area contributed by atoms with Gasteiger partial charge in [0.1, 0.15) is 0 Å². The maximum absolute atomic E-state index is 2.32. The molecule has 2 aliphatic heterocycles. The van der Waals surface area contributed by atoms with Crippen LogP contribution in [0.15, 0.2) is 0 Å². The molecule has 2 aliphatic rings. The normalized spacial score (nSPS) is 26.7. The van der Waals surface area contributed by atoms with Crippen molar-refractivity contribution in [1.82, 2.24) is 9.80 Å². The van der Waals surface area contributed by atoms with E-state index in [1.165, 1.54) is 26.2 Å². The molecule has 0 unspecified atom stereocenters. The molecule has 60 valence electrons. The Kier molecular flexibility index (Phi) is 2.69. The monoisotopic (exact) mass is 142 g/mol. The first kappa shape index (κ1) is 8.02. The summed E-state index contributed by atoms with van der Waals surface area (Å²) in [5, 5.41) is 0. The molecule has 0 aromatic carbocycles. The second-order valence-corrected chi connectivity index (χ2v) is 3.63. The smallest absolute Gasteiger partial charge is 0.0107 e. The van der Waals surface area contributed by atoms with Crippen LogP contribution in [0.3, 0.4) is 0 Å². The summed E-state index contributed by atoms with van der Waals surface area (Å²) in [6.45, 7) is 7.53. The fourth-order valence-corrected chi connectivity index (χ4v) is 1.11. The molecule has 0 N–H and O–H groups in total. The summed E-state index contributed by atoms with van der Waals surface area (Å²) in [4.78, 5) is 4.57. The molecule has 0 radical (unpaired) electrons. The predicted octanol–water partition coefficient (Wildman–Crippen LogP) is 0.500. The van der Waals surface area contributed by atoms with Crippen molar-refractivity contribution in [2.75, 3.05) is 40.3 Å². The first-order valence-corrected chi connectivity index (χ1v) is 4.05. The summed E-state index contributed by atoms with van der Waals surface area (Å²) in [7, 11) is 4.26. The molecule has 0 saturated carbocycles. The topological polar surface area (TPSA) is 6.25 Å². The SMILES string of the molecule is CC1CN(C)C1.CN1CC1. The zero-order valence-corrected chi connectivity index (χ0v) is 7.30. The van der Waals surface area contributed by atoms with Crippen LogP contribution in [-0.4, -0.2) is 50.1 Å². The highest BCUT2D eigenvalue weighted by Gasteiger charge is 2.16. The summed E-state index contributed by atoms with van der Waals surface area (Å²) in [6, 6.07) is 0. The molecule has 2 heterocycles. The molecule has 2 rings (SSSR count). The van der Waals surface area contributed by atoms with Crippen molar-refractivity contribution in [3.63, 3.8) is 0 Å². The van der Waals surface area contributed by atoms with E-state index >= 15 is 0 Å². The number of likely N-dealkylation sites (N-methyl/N-ethyl adjacent to an activating group) is 1. The molecule has 2 fully saturated rings. The predicted molar refractivity (Wildman–Crippen MR) is 44.2 cm³/mol. The minimum Gasteiger partial charge on any atom is -0.306 e. The van der Waals surface area contributed by atoms with E-state index in [4.69, 9.17) is 0 Å². The van der Waals surface area contributed by atoms with Gasteiger partial charge in [-0.15, -0.1) is 0 Å². The first-order valence-electron chi connectivity index (χ1n) is 4.05. The van der Waals surface area contributed by atoms with E-state index in [9.17, 15) is 0 Å². The summed E-state index contributed by atoms with van der Waals surface area (Å²) >= 11 is 0. The third-order valence-electron chi connectivity index (χ3n) is 1.92. The van der Waals surface area contributed by atoms with Gasteiger partial charge in [0.05, 0.1) is 0 Å². The van der Waals surface area contributed by atoms with Crippen LogP contribution in [0.1, 0.15) is 6.92 Å². The zero-order valence-electron chi connectivity index (χ0n) is 7.30. The number of rotatable bonds is 0. The Morgan fingerprint density at radius 3 is 1.40 bits per heavy atom. The van der Waals surface area contributed by atoms with Crippen molar-refractivity contribution >= 4 is 0 Å². The van der Waals surface area contributed by atoms with Crippen molar-refractivity contribution in [1.29, 1.82) is 0 Å². The molecule has 0 amide bonds. The average molecular weight is 142 g/mol. The lowest BCUT2D eigenvalue weighted by Gasteiger charge is -2.33. The molecule has 0 aliphatic carbocycles. The maximum atomic E-state index is 2.32. The highest BCUT2D eigenvalue weighted by molar-refractivity contribution is 4.71. The van der Waals surface area contributed by atoms with Crippen LogP contribution >= 0.6 is 0 Å². The van der Waals surface area contributed by atoms with E-state index in [0.29, 0.717) is 0 Å². The quantitative estimate of drug-likeness (QED) is 0.454. The standard InChI is InChI=1S/C5H11N.C3H7N/c1-5-3-6(2)4-5;1-4-2-3-4/h5H,3-4H2,1-2H3;2-3H2,1H3. The Morgan fingerprint density at radius 1 is 1.00 bits per heavy atom. The van der Waals surface area contributed by atoms with Gasteiger partial charge in [0.25, 0.3) is 0 Å². The van der Waals surface area contributed by atoms with E-state index in [2.05, 4.69) is 30.8 Å². The molecular formula is C8H18N2. The molecule has 10 heavy (non-hydrogen) atoms. The van der Waals surface area contributed by atoms with Gasteiger partial charge in [-0.1, -0.05) is 6.92 Å². The zero-order chi connectivity index (χ0) is 7.56. The summed E-state index contributed by atoms with van der Waals surface area (Å²) < 4.78 is 0. The van der Waals surface area contributed by atoms with Gasteiger partial charge in [0.15, 0.2) is 0 Å². The molecule has 2 heteroatoms. The van der Waals surface area contributed by atoms with Gasteiger partial charge < -0.3 is 9.80 Å². The molecule has 0 spiro atoms. The molecule has 0 aromatic rings. The van der Waals surface area contributed by atoms with Crippen LogP contribution in [0, 0.1) is 5.92 Å². The van der Waals surface area contributed by atoms with Gasteiger partial charge in [-0.2, -0.15) is 0 Å². The van der Waals surface area contributed by atoms with E-state index in [0.717, 1.165) is 5.92 Å². The van der Waals surface area contributed by atoms with Crippen LogP contribution in [0.4, 0.5) is 0 Å².